The Morgan fingerprint density at radius 2 is 1.95 bits per heavy atom. The second-order valence-electron chi connectivity index (χ2n) is 5.70. The second kappa shape index (κ2) is 5.98. The number of hydroxylamine groups is 1. The average molecular weight is 303 g/mol. The molecule has 0 saturated heterocycles. The maximum Gasteiger partial charge on any atom is 0.412 e. The van der Waals surface area contributed by atoms with Gasteiger partial charge in [-0.3, -0.25) is 20.3 Å². The average Bonchev–Trinajstić information content (AvgIpc) is 2.43. The van der Waals surface area contributed by atoms with Crippen LogP contribution in [-0.4, -0.2) is 27.8 Å². The van der Waals surface area contributed by atoms with Crippen molar-refractivity contribution in [2.24, 2.45) is 0 Å². The summed E-state index contributed by atoms with van der Waals surface area (Å²) in [6.45, 7) is 5.34. The Morgan fingerprint density at radius 3 is 2.59 bits per heavy atom. The van der Waals surface area contributed by atoms with E-state index in [0.29, 0.717) is 16.6 Å². The van der Waals surface area contributed by atoms with Crippen molar-refractivity contribution in [2.45, 2.75) is 26.4 Å². The quantitative estimate of drug-likeness (QED) is 0.585. The highest BCUT2D eigenvalue weighted by atomic mass is 16.6. The van der Waals surface area contributed by atoms with E-state index in [-0.39, 0.29) is 5.56 Å². The number of hydrogen-bond acceptors (Lipinski definition) is 5. The molecule has 0 saturated carbocycles. The lowest BCUT2D eigenvalue weighted by molar-refractivity contribution is 0.0635. The monoisotopic (exact) mass is 303 g/mol. The molecule has 22 heavy (non-hydrogen) atoms. The molecule has 7 nitrogen and oxygen atoms in total. The van der Waals surface area contributed by atoms with Gasteiger partial charge in [0, 0.05) is 17.3 Å². The van der Waals surface area contributed by atoms with Crippen LogP contribution >= 0.6 is 0 Å². The molecule has 0 atom stereocenters. The lowest BCUT2D eigenvalue weighted by Crippen LogP contribution is -2.27. The van der Waals surface area contributed by atoms with E-state index in [9.17, 15) is 9.59 Å². The zero-order chi connectivity index (χ0) is 16.3. The fraction of sp³-hybridized carbons (Fsp3) is 0.267. The Hall–Kier alpha value is -2.67. The van der Waals surface area contributed by atoms with Gasteiger partial charge in [-0.1, -0.05) is 6.07 Å². The third-order valence-corrected chi connectivity index (χ3v) is 2.69. The van der Waals surface area contributed by atoms with E-state index < -0.39 is 17.6 Å². The standard InChI is InChI=1S/C15H17N3O4/c1-15(2,3)22-14(20)17-11-5-4-9-6-10(13(19)18-21)8-16-12(9)7-11/h4-8,21H,1-3H3,(H,17,20)(H,18,19). The van der Waals surface area contributed by atoms with Gasteiger partial charge in [0.1, 0.15) is 5.60 Å². The number of anilines is 1. The minimum absolute atomic E-state index is 0.239. The van der Waals surface area contributed by atoms with Crippen molar-refractivity contribution in [3.05, 3.63) is 36.0 Å². The molecule has 0 aliphatic rings. The van der Waals surface area contributed by atoms with E-state index in [1.165, 1.54) is 6.20 Å². The molecular formula is C15H17N3O4. The SMILES string of the molecule is CC(C)(C)OC(=O)Nc1ccc2cc(C(=O)NO)cnc2c1. The minimum atomic E-state index is -0.634. The molecule has 2 rings (SSSR count). The van der Waals surface area contributed by atoms with Crippen molar-refractivity contribution in [1.82, 2.24) is 10.5 Å². The van der Waals surface area contributed by atoms with Gasteiger partial charge in [0.2, 0.25) is 0 Å². The van der Waals surface area contributed by atoms with E-state index >= 15 is 0 Å². The second-order valence-corrected chi connectivity index (χ2v) is 5.70. The number of nitrogens with one attached hydrogen (secondary N) is 2. The number of nitrogens with zero attached hydrogens (tertiary/aromatic N) is 1. The molecule has 1 heterocycles. The predicted molar refractivity (Wildman–Crippen MR) is 80.9 cm³/mol. The van der Waals surface area contributed by atoms with Crippen LogP contribution < -0.4 is 10.8 Å². The molecule has 0 fully saturated rings. The van der Waals surface area contributed by atoms with Crippen LogP contribution in [-0.2, 0) is 4.74 Å². The van der Waals surface area contributed by atoms with Crippen LogP contribution in [0.25, 0.3) is 10.9 Å². The molecule has 0 aliphatic heterocycles. The van der Waals surface area contributed by atoms with Gasteiger partial charge >= 0.3 is 6.09 Å². The summed E-state index contributed by atoms with van der Waals surface area (Å²) < 4.78 is 5.17. The first-order valence-corrected chi connectivity index (χ1v) is 6.63. The molecule has 0 spiro atoms. The number of fused-ring (bicyclic) bond motifs is 1. The van der Waals surface area contributed by atoms with Gasteiger partial charge in [-0.25, -0.2) is 10.3 Å². The molecule has 1 aromatic heterocycles. The zero-order valence-electron chi connectivity index (χ0n) is 12.5. The first-order valence-electron chi connectivity index (χ1n) is 6.63. The molecule has 0 unspecified atom stereocenters. The summed E-state index contributed by atoms with van der Waals surface area (Å²) in [5, 5.41) is 11.9. The number of hydrogen-bond donors (Lipinski definition) is 3. The smallest absolute Gasteiger partial charge is 0.412 e. The van der Waals surface area contributed by atoms with Crippen molar-refractivity contribution < 1.29 is 19.5 Å². The lowest BCUT2D eigenvalue weighted by Gasteiger charge is -2.19. The van der Waals surface area contributed by atoms with Crippen LogP contribution in [0.15, 0.2) is 30.5 Å². The van der Waals surface area contributed by atoms with Gasteiger partial charge in [-0.15, -0.1) is 0 Å². The van der Waals surface area contributed by atoms with Crippen LogP contribution in [0, 0.1) is 0 Å². The third-order valence-electron chi connectivity index (χ3n) is 2.69. The Labute approximate surface area is 127 Å². The Kier molecular flexibility index (Phi) is 4.27. The van der Waals surface area contributed by atoms with Crippen LogP contribution in [0.4, 0.5) is 10.5 Å². The summed E-state index contributed by atoms with van der Waals surface area (Å²) >= 11 is 0. The topological polar surface area (TPSA) is 101 Å². The van der Waals surface area contributed by atoms with Gasteiger partial charge < -0.3 is 4.74 Å². The van der Waals surface area contributed by atoms with Crippen LogP contribution in [0.2, 0.25) is 0 Å². The Balaban J connectivity index is 2.21. The number of aromatic nitrogens is 1. The largest absolute Gasteiger partial charge is 0.444 e. The molecular weight excluding hydrogens is 286 g/mol. The number of carbonyl (C=O) groups is 2. The van der Waals surface area contributed by atoms with Gasteiger partial charge in [-0.2, -0.15) is 0 Å². The molecule has 7 heteroatoms. The highest BCUT2D eigenvalue weighted by molar-refractivity contribution is 5.97. The zero-order valence-corrected chi connectivity index (χ0v) is 12.5. The van der Waals surface area contributed by atoms with E-state index in [2.05, 4.69) is 10.3 Å². The molecule has 2 amide bonds. The first-order chi connectivity index (χ1) is 10.3. The van der Waals surface area contributed by atoms with Gasteiger partial charge in [0.15, 0.2) is 0 Å². The molecule has 0 radical (unpaired) electrons. The van der Waals surface area contributed by atoms with Crippen LogP contribution in [0.1, 0.15) is 31.1 Å². The maximum atomic E-state index is 11.7. The van der Waals surface area contributed by atoms with Crippen molar-refractivity contribution in [3.8, 4) is 0 Å². The minimum Gasteiger partial charge on any atom is -0.444 e. The third kappa shape index (κ3) is 3.92. The molecule has 0 aliphatic carbocycles. The fourth-order valence-electron chi connectivity index (χ4n) is 1.81. The summed E-state index contributed by atoms with van der Waals surface area (Å²) in [5.41, 5.74) is 2.35. The first kappa shape index (κ1) is 15.7. The Morgan fingerprint density at radius 1 is 1.23 bits per heavy atom. The number of rotatable bonds is 2. The molecule has 1 aromatic carbocycles. The Bertz CT molecular complexity index is 722. The van der Waals surface area contributed by atoms with Gasteiger partial charge in [0.05, 0.1) is 11.1 Å². The van der Waals surface area contributed by atoms with Crippen molar-refractivity contribution in [2.75, 3.05) is 5.32 Å². The van der Waals surface area contributed by atoms with Gasteiger partial charge in [-0.05, 0) is 39.0 Å². The molecule has 0 bridgehead atoms. The number of pyridine rings is 1. The van der Waals surface area contributed by atoms with E-state index in [1.807, 2.05) is 0 Å². The predicted octanol–water partition coefficient (Wildman–Crippen LogP) is 2.70. The van der Waals surface area contributed by atoms with Crippen LogP contribution in [0.3, 0.4) is 0 Å². The number of amides is 2. The van der Waals surface area contributed by atoms with Crippen molar-refractivity contribution in [3.63, 3.8) is 0 Å². The number of benzene rings is 1. The molecule has 116 valence electrons. The summed E-state index contributed by atoms with van der Waals surface area (Å²) in [6, 6.07) is 6.64. The van der Waals surface area contributed by atoms with E-state index in [1.54, 1.807) is 50.5 Å². The maximum absolute atomic E-state index is 11.7. The number of ether oxygens (including phenoxy) is 1. The summed E-state index contributed by atoms with van der Waals surface area (Å²) in [4.78, 5) is 27.2. The fourth-order valence-corrected chi connectivity index (χ4v) is 1.81. The molecule has 2 aromatic rings. The van der Waals surface area contributed by atoms with Crippen LogP contribution in [0.5, 0.6) is 0 Å². The summed E-state index contributed by atoms with van der Waals surface area (Å²) in [7, 11) is 0. The van der Waals surface area contributed by atoms with E-state index in [4.69, 9.17) is 9.94 Å². The van der Waals surface area contributed by atoms with Crippen molar-refractivity contribution in [1.29, 1.82) is 0 Å². The van der Waals surface area contributed by atoms with Gasteiger partial charge in [0.25, 0.3) is 5.91 Å². The van der Waals surface area contributed by atoms with E-state index in [0.717, 1.165) is 0 Å². The summed E-state index contributed by atoms with van der Waals surface area (Å²) in [5.74, 6) is -0.634. The highest BCUT2D eigenvalue weighted by Crippen LogP contribution is 2.19. The molecule has 3 N–H and O–H groups in total. The number of carbonyl (C=O) groups excluding carboxylic acids is 2. The van der Waals surface area contributed by atoms with Crippen molar-refractivity contribution >= 4 is 28.6 Å². The summed E-state index contributed by atoms with van der Waals surface area (Å²) in [6.07, 6.45) is 0.786. The normalized spacial score (nSPS) is 11.1. The highest BCUT2D eigenvalue weighted by Gasteiger charge is 2.16. The lowest BCUT2D eigenvalue weighted by atomic mass is 10.1.